The largest absolute Gasteiger partial charge is 0.497 e. The molecular weight excluding hydrogens is 568 g/mol. The van der Waals surface area contributed by atoms with Gasteiger partial charge >= 0.3 is 29.5 Å². The summed E-state index contributed by atoms with van der Waals surface area (Å²) in [5.41, 5.74) is 0.920. The zero-order valence-corrected chi connectivity index (χ0v) is 24.0. The number of rotatable bonds is 9. The molecule has 5 atom stereocenters. The van der Waals surface area contributed by atoms with E-state index in [4.69, 9.17) is 37.6 Å². The van der Waals surface area contributed by atoms with Gasteiger partial charge in [0, 0.05) is 45.2 Å². The van der Waals surface area contributed by atoms with E-state index in [2.05, 4.69) is 0 Å². The van der Waals surface area contributed by atoms with Gasteiger partial charge in [0.2, 0.25) is 12.4 Å². The third-order valence-corrected chi connectivity index (χ3v) is 6.32. The molecule has 3 aromatic rings. The summed E-state index contributed by atoms with van der Waals surface area (Å²) >= 11 is 0. The van der Waals surface area contributed by atoms with Crippen LogP contribution in [0.2, 0.25) is 0 Å². The molecule has 4 rings (SSSR count). The first kappa shape index (κ1) is 31.0. The van der Waals surface area contributed by atoms with Crippen LogP contribution >= 0.6 is 0 Å². The van der Waals surface area contributed by atoms with Gasteiger partial charge in [-0.1, -0.05) is 12.1 Å². The van der Waals surface area contributed by atoms with Crippen LogP contribution in [0.5, 0.6) is 11.5 Å². The lowest BCUT2D eigenvalue weighted by Gasteiger charge is -2.43. The summed E-state index contributed by atoms with van der Waals surface area (Å²) in [4.78, 5) is 60.1. The molecule has 0 N–H and O–H groups in total. The Labute approximate surface area is 245 Å². The monoisotopic (exact) mass is 598 g/mol. The minimum Gasteiger partial charge on any atom is -0.497 e. The van der Waals surface area contributed by atoms with E-state index in [-0.39, 0.29) is 11.3 Å². The van der Waals surface area contributed by atoms with Crippen molar-refractivity contribution < 1.29 is 56.8 Å². The van der Waals surface area contributed by atoms with Crippen LogP contribution in [0.3, 0.4) is 0 Å². The second-order valence-corrected chi connectivity index (χ2v) is 9.55. The maximum Gasteiger partial charge on any atom is 0.336 e. The molecule has 13 heteroatoms. The van der Waals surface area contributed by atoms with Crippen molar-refractivity contribution in [2.24, 2.45) is 0 Å². The molecule has 0 radical (unpaired) electrons. The lowest BCUT2D eigenvalue weighted by Crippen LogP contribution is -2.63. The summed E-state index contributed by atoms with van der Waals surface area (Å²) in [7, 11) is 1.55. The number of carbonyl (C=O) groups is 4. The molecule has 43 heavy (non-hydrogen) atoms. The van der Waals surface area contributed by atoms with Crippen molar-refractivity contribution in [3.05, 3.63) is 59.0 Å². The van der Waals surface area contributed by atoms with E-state index < -0.39 is 66.8 Å². The van der Waals surface area contributed by atoms with Crippen LogP contribution < -0.4 is 15.1 Å². The molecule has 2 heterocycles. The molecule has 2 aromatic carbocycles. The van der Waals surface area contributed by atoms with Gasteiger partial charge in [-0.15, -0.1) is 0 Å². The Morgan fingerprint density at radius 3 is 1.95 bits per heavy atom. The molecule has 0 amide bonds. The standard InChI is InChI=1S/C30H30O13/c1-15(31)37-14-25-27(38-16(2)32)28(39-17(3)33)29(40-18(4)34)30(43-25)41-21-10-11-22-23(13-26(35)42-24(22)12-21)19-6-8-20(36-5)9-7-19/h6-13,25,27-30H,14H2,1-5H3/t25-,27-,28+,29-,30-/m1/s1. The summed E-state index contributed by atoms with van der Waals surface area (Å²) in [6.45, 7) is 4.13. The SMILES string of the molecule is COc1ccc(-c2cc(=O)oc3cc(O[C@@H]4O[C@H](COC(C)=O)[C@@H](OC(C)=O)[C@H](OC(C)=O)[C@H]4OC(C)=O)ccc23)cc1. The Morgan fingerprint density at radius 2 is 1.35 bits per heavy atom. The number of benzene rings is 2. The van der Waals surface area contributed by atoms with Gasteiger partial charge in [-0.05, 0) is 35.4 Å². The molecule has 228 valence electrons. The molecule has 1 aliphatic heterocycles. The molecule has 1 fully saturated rings. The lowest BCUT2D eigenvalue weighted by atomic mass is 9.98. The molecule has 13 nitrogen and oxygen atoms in total. The van der Waals surface area contributed by atoms with E-state index in [9.17, 15) is 24.0 Å². The smallest absolute Gasteiger partial charge is 0.336 e. The van der Waals surface area contributed by atoms with Gasteiger partial charge in [-0.2, -0.15) is 0 Å². The maximum absolute atomic E-state index is 12.5. The first-order valence-electron chi connectivity index (χ1n) is 13.1. The Bertz CT molecular complexity index is 1560. The summed E-state index contributed by atoms with van der Waals surface area (Å²) < 4.78 is 44.0. The van der Waals surface area contributed by atoms with Crippen molar-refractivity contribution in [1.82, 2.24) is 0 Å². The van der Waals surface area contributed by atoms with Gasteiger partial charge in [0.25, 0.3) is 0 Å². The average molecular weight is 599 g/mol. The first-order chi connectivity index (χ1) is 20.4. The molecule has 0 aliphatic carbocycles. The van der Waals surface area contributed by atoms with Crippen LogP contribution in [0.15, 0.2) is 57.7 Å². The van der Waals surface area contributed by atoms with Gasteiger partial charge in [-0.3, -0.25) is 19.2 Å². The zero-order valence-electron chi connectivity index (χ0n) is 24.0. The van der Waals surface area contributed by atoms with Gasteiger partial charge < -0.3 is 37.6 Å². The number of methoxy groups -OCH3 is 1. The minimum absolute atomic E-state index is 0.128. The van der Waals surface area contributed by atoms with Crippen molar-refractivity contribution in [3.63, 3.8) is 0 Å². The van der Waals surface area contributed by atoms with Crippen molar-refractivity contribution in [3.8, 4) is 22.6 Å². The summed E-state index contributed by atoms with van der Waals surface area (Å²) in [6, 6.07) is 13.2. The fourth-order valence-corrected chi connectivity index (χ4v) is 4.64. The third kappa shape index (κ3) is 7.68. The Kier molecular flexibility index (Phi) is 9.66. The second-order valence-electron chi connectivity index (χ2n) is 9.55. The Hall–Kier alpha value is -4.91. The van der Waals surface area contributed by atoms with Crippen LogP contribution in [0, 0.1) is 0 Å². The van der Waals surface area contributed by atoms with Crippen LogP contribution in [-0.2, 0) is 42.9 Å². The average Bonchev–Trinajstić information content (AvgIpc) is 2.94. The van der Waals surface area contributed by atoms with E-state index in [1.807, 2.05) is 0 Å². The van der Waals surface area contributed by atoms with E-state index in [1.54, 1.807) is 43.5 Å². The van der Waals surface area contributed by atoms with Crippen LogP contribution in [-0.4, -0.2) is 68.3 Å². The molecule has 0 spiro atoms. The highest BCUT2D eigenvalue weighted by molar-refractivity contribution is 5.93. The number of hydrogen-bond donors (Lipinski definition) is 0. The van der Waals surface area contributed by atoms with Crippen LogP contribution in [0.4, 0.5) is 0 Å². The highest BCUT2D eigenvalue weighted by Gasteiger charge is 2.53. The summed E-state index contributed by atoms with van der Waals surface area (Å²) in [5, 5.41) is 0.596. The van der Waals surface area contributed by atoms with E-state index in [1.165, 1.54) is 19.1 Å². The molecule has 0 bridgehead atoms. The normalized spacial score (nSPS) is 21.4. The molecular formula is C30H30O13. The van der Waals surface area contributed by atoms with E-state index >= 15 is 0 Å². The Morgan fingerprint density at radius 1 is 0.744 bits per heavy atom. The minimum atomic E-state index is -1.45. The second kappa shape index (κ2) is 13.4. The first-order valence-corrected chi connectivity index (χ1v) is 13.1. The molecule has 0 saturated carbocycles. The van der Waals surface area contributed by atoms with Crippen LogP contribution in [0.1, 0.15) is 27.7 Å². The highest BCUT2D eigenvalue weighted by Crippen LogP contribution is 2.34. The number of carbonyl (C=O) groups excluding carboxylic acids is 4. The zero-order chi connectivity index (χ0) is 31.3. The number of esters is 4. The molecule has 1 saturated heterocycles. The van der Waals surface area contributed by atoms with Crippen molar-refractivity contribution in [2.45, 2.75) is 58.4 Å². The van der Waals surface area contributed by atoms with E-state index in [0.29, 0.717) is 16.7 Å². The van der Waals surface area contributed by atoms with Gasteiger partial charge in [0.1, 0.15) is 29.8 Å². The van der Waals surface area contributed by atoms with Crippen molar-refractivity contribution in [2.75, 3.05) is 13.7 Å². The molecule has 1 aromatic heterocycles. The van der Waals surface area contributed by atoms with E-state index in [0.717, 1.165) is 26.3 Å². The number of fused-ring (bicyclic) bond motifs is 1. The van der Waals surface area contributed by atoms with Crippen molar-refractivity contribution in [1.29, 1.82) is 0 Å². The van der Waals surface area contributed by atoms with Gasteiger partial charge in [0.15, 0.2) is 12.2 Å². The third-order valence-electron chi connectivity index (χ3n) is 6.32. The molecule has 0 unspecified atom stereocenters. The van der Waals surface area contributed by atoms with Crippen LogP contribution in [0.25, 0.3) is 22.1 Å². The maximum atomic E-state index is 12.5. The fourth-order valence-electron chi connectivity index (χ4n) is 4.64. The quantitative estimate of drug-likeness (QED) is 0.201. The Balaban J connectivity index is 1.73. The fraction of sp³-hybridized carbons (Fsp3) is 0.367. The predicted octanol–water partition coefficient (Wildman–Crippen LogP) is 2.93. The topological polar surface area (TPSA) is 163 Å². The lowest BCUT2D eigenvalue weighted by molar-refractivity contribution is -0.288. The summed E-state index contributed by atoms with van der Waals surface area (Å²) in [6.07, 6.45) is -6.78. The van der Waals surface area contributed by atoms with Gasteiger partial charge in [0.05, 0.1) is 7.11 Å². The number of hydrogen-bond acceptors (Lipinski definition) is 13. The molecule has 1 aliphatic rings. The highest BCUT2D eigenvalue weighted by atomic mass is 16.7. The predicted molar refractivity (Wildman–Crippen MR) is 147 cm³/mol. The van der Waals surface area contributed by atoms with Crippen molar-refractivity contribution >= 4 is 34.8 Å². The number of ether oxygens (including phenoxy) is 7. The summed E-state index contributed by atoms with van der Waals surface area (Å²) in [5.74, 6) is -2.17. The van der Waals surface area contributed by atoms with Gasteiger partial charge in [-0.25, -0.2) is 4.79 Å².